The molecule has 8 heteroatoms. The minimum absolute atomic E-state index is 0.0195. The SMILES string of the molecule is O=C1c2ccccc2N2[C@@H]3Nc4ccccc4[C@@]34CCN=C4[C@@]12c1ccccc1.O=C1c2ccccc2N2[C@H]3Nc4ccccc4[C@]34CCN=C4[C@]12c1ccccc1. The molecule has 0 radical (unpaired) electrons. The molecule has 8 heterocycles. The van der Waals surface area contributed by atoms with E-state index in [0.717, 1.165) is 82.4 Å². The van der Waals surface area contributed by atoms with Crippen molar-refractivity contribution in [3.8, 4) is 0 Å². The predicted molar refractivity (Wildman–Crippen MR) is 228 cm³/mol. The maximum absolute atomic E-state index is 14.1. The van der Waals surface area contributed by atoms with Gasteiger partial charge in [-0.05, 0) is 71.5 Å². The minimum Gasteiger partial charge on any atom is -0.364 e. The van der Waals surface area contributed by atoms with Crippen LogP contribution in [0.15, 0.2) is 168 Å². The molecule has 58 heavy (non-hydrogen) atoms. The lowest BCUT2D eigenvalue weighted by molar-refractivity contribution is 0.0937. The quantitative estimate of drug-likeness (QED) is 0.185. The number of benzene rings is 6. The number of fused-ring (bicyclic) bond motifs is 12. The summed E-state index contributed by atoms with van der Waals surface area (Å²) in [6.45, 7) is 1.52. The first-order valence-corrected chi connectivity index (χ1v) is 20.4. The first-order chi connectivity index (χ1) is 28.6. The van der Waals surface area contributed by atoms with Crippen molar-refractivity contribution in [1.29, 1.82) is 0 Å². The Balaban J connectivity index is 0.000000121. The Morgan fingerprint density at radius 2 is 0.845 bits per heavy atom. The van der Waals surface area contributed by atoms with E-state index in [9.17, 15) is 9.59 Å². The molecule has 2 N–H and O–H groups in total. The van der Waals surface area contributed by atoms with Gasteiger partial charge < -0.3 is 20.4 Å². The zero-order chi connectivity index (χ0) is 38.4. The van der Waals surface area contributed by atoms with Gasteiger partial charge in [0, 0.05) is 35.6 Å². The van der Waals surface area contributed by atoms with Gasteiger partial charge in [0.25, 0.3) is 0 Å². The third-order valence-electron chi connectivity index (χ3n) is 14.5. The number of rotatable bonds is 2. The average molecular weight is 755 g/mol. The Morgan fingerprint density at radius 3 is 1.29 bits per heavy atom. The van der Waals surface area contributed by atoms with Crippen LogP contribution in [0.2, 0.25) is 0 Å². The fourth-order valence-corrected chi connectivity index (χ4v) is 12.5. The number of ketones is 2. The molecule has 6 aromatic carbocycles. The second-order valence-electron chi connectivity index (χ2n) is 16.7. The summed E-state index contributed by atoms with van der Waals surface area (Å²) < 4.78 is 0. The van der Waals surface area contributed by atoms with Crippen LogP contribution in [0.3, 0.4) is 0 Å². The van der Waals surface area contributed by atoms with Gasteiger partial charge in [-0.15, -0.1) is 0 Å². The highest BCUT2D eigenvalue weighted by Crippen LogP contribution is 2.65. The zero-order valence-electron chi connectivity index (χ0n) is 31.6. The molecule has 8 nitrogen and oxygen atoms in total. The normalized spacial score (nSPS) is 30.2. The van der Waals surface area contributed by atoms with Crippen LogP contribution in [0.1, 0.15) is 55.8 Å². The Hall–Kier alpha value is -6.80. The van der Waals surface area contributed by atoms with Crippen molar-refractivity contribution in [2.24, 2.45) is 9.98 Å². The lowest BCUT2D eigenvalue weighted by Gasteiger charge is -2.36. The molecule has 0 unspecified atom stereocenters. The average Bonchev–Trinajstić information content (AvgIpc) is 4.15. The first-order valence-electron chi connectivity index (χ1n) is 20.4. The van der Waals surface area contributed by atoms with Crippen molar-refractivity contribution in [2.45, 2.75) is 47.1 Å². The van der Waals surface area contributed by atoms with Crippen LogP contribution < -0.4 is 20.4 Å². The molecule has 0 saturated carbocycles. The monoisotopic (exact) mass is 754 g/mol. The van der Waals surface area contributed by atoms with Crippen LogP contribution in [0, 0.1) is 0 Å². The second kappa shape index (κ2) is 11.0. The van der Waals surface area contributed by atoms with Gasteiger partial charge in [0.05, 0.1) is 33.6 Å². The molecule has 0 aromatic heterocycles. The number of para-hydroxylation sites is 4. The Morgan fingerprint density at radius 1 is 0.466 bits per heavy atom. The van der Waals surface area contributed by atoms with Crippen molar-refractivity contribution in [3.05, 3.63) is 191 Å². The molecule has 8 aliphatic rings. The topological polar surface area (TPSA) is 89.4 Å². The third kappa shape index (κ3) is 3.41. The summed E-state index contributed by atoms with van der Waals surface area (Å²) in [4.78, 5) is 43.1. The van der Waals surface area contributed by atoms with E-state index in [-0.39, 0.29) is 34.7 Å². The molecule has 14 rings (SSSR count). The summed E-state index contributed by atoms with van der Waals surface area (Å²) in [5.74, 6) is 0.293. The Bertz CT molecular complexity index is 2660. The van der Waals surface area contributed by atoms with Crippen LogP contribution in [-0.4, -0.2) is 48.4 Å². The van der Waals surface area contributed by atoms with Crippen molar-refractivity contribution in [1.82, 2.24) is 0 Å². The lowest BCUT2D eigenvalue weighted by Crippen LogP contribution is -2.51. The zero-order valence-corrected chi connectivity index (χ0v) is 31.6. The van der Waals surface area contributed by atoms with Crippen LogP contribution in [0.4, 0.5) is 22.7 Å². The predicted octanol–water partition coefficient (Wildman–Crippen LogP) is 8.27. The van der Waals surface area contributed by atoms with E-state index in [4.69, 9.17) is 9.98 Å². The number of hydrogen-bond acceptors (Lipinski definition) is 8. The Labute approximate surface area is 336 Å². The molecule has 2 fully saturated rings. The van der Waals surface area contributed by atoms with E-state index in [2.05, 4.69) is 105 Å². The van der Waals surface area contributed by atoms with Crippen molar-refractivity contribution < 1.29 is 9.59 Å². The van der Waals surface area contributed by atoms with Crippen LogP contribution in [-0.2, 0) is 21.9 Å². The van der Waals surface area contributed by atoms with E-state index in [0.29, 0.717) is 0 Å². The van der Waals surface area contributed by atoms with Gasteiger partial charge in [0.2, 0.25) is 11.6 Å². The van der Waals surface area contributed by atoms with Gasteiger partial charge in [0.1, 0.15) is 12.3 Å². The molecule has 6 aromatic rings. The summed E-state index contributed by atoms with van der Waals surface area (Å²) in [6.07, 6.45) is 1.82. The molecular weight excluding hydrogens is 717 g/mol. The standard InChI is InChI=1S/2C25H19N3O/c2*29-21-17-10-4-7-13-20(17)28-23-24(18-11-5-6-12-19(18)27-23)14-15-26-22(24)25(21,28)16-8-2-1-3-9-16/h2*1-13,23,27H,14-15H2/t2*23-,24+,25+/m10/s1. The number of aliphatic imine (C=N–C) groups is 2. The van der Waals surface area contributed by atoms with Gasteiger partial charge in [-0.25, -0.2) is 0 Å². The molecule has 8 aliphatic heterocycles. The van der Waals surface area contributed by atoms with Crippen molar-refractivity contribution >= 4 is 45.7 Å². The number of nitrogens with zero attached hydrogens (tertiary/aromatic N) is 4. The van der Waals surface area contributed by atoms with Gasteiger partial charge in [-0.3, -0.25) is 19.6 Å². The number of carbonyl (C=O) groups is 2. The highest BCUT2D eigenvalue weighted by atomic mass is 16.1. The highest BCUT2D eigenvalue weighted by Gasteiger charge is 2.76. The van der Waals surface area contributed by atoms with Gasteiger partial charge in [-0.1, -0.05) is 121 Å². The number of anilines is 4. The fourth-order valence-electron chi connectivity index (χ4n) is 12.5. The smallest absolute Gasteiger partial charge is 0.201 e. The minimum atomic E-state index is -0.868. The number of hydrogen-bond donors (Lipinski definition) is 2. The molecule has 0 aliphatic carbocycles. The largest absolute Gasteiger partial charge is 0.364 e. The van der Waals surface area contributed by atoms with E-state index in [1.54, 1.807) is 0 Å². The molecule has 2 saturated heterocycles. The van der Waals surface area contributed by atoms with Crippen molar-refractivity contribution in [2.75, 3.05) is 33.5 Å². The Kier molecular flexibility index (Phi) is 6.12. The summed E-state index contributed by atoms with van der Waals surface area (Å²) >= 11 is 0. The highest BCUT2D eigenvalue weighted by molar-refractivity contribution is 6.35. The van der Waals surface area contributed by atoms with Crippen LogP contribution in [0.5, 0.6) is 0 Å². The molecule has 6 atom stereocenters. The number of nitrogens with one attached hydrogen (secondary N) is 2. The maximum Gasteiger partial charge on any atom is 0.201 e. The fraction of sp³-hybridized carbons (Fsp3) is 0.200. The molecule has 2 spiro atoms. The molecular formula is C50H38N6O2. The van der Waals surface area contributed by atoms with Crippen molar-refractivity contribution in [3.63, 3.8) is 0 Å². The third-order valence-corrected chi connectivity index (χ3v) is 14.5. The lowest BCUT2D eigenvalue weighted by atomic mass is 9.69. The summed E-state index contributed by atoms with van der Waals surface area (Å²) in [5.41, 5.74) is 10.2. The molecule has 0 amide bonds. The van der Waals surface area contributed by atoms with E-state index >= 15 is 0 Å². The maximum atomic E-state index is 14.1. The van der Waals surface area contributed by atoms with Gasteiger partial charge in [0.15, 0.2) is 11.1 Å². The van der Waals surface area contributed by atoms with Gasteiger partial charge in [-0.2, -0.15) is 0 Å². The van der Waals surface area contributed by atoms with E-state index in [1.807, 2.05) is 72.8 Å². The van der Waals surface area contributed by atoms with E-state index in [1.165, 1.54) is 11.1 Å². The number of Topliss-reactive ketones (excluding diaryl/α,β-unsaturated/α-hetero) is 2. The van der Waals surface area contributed by atoms with E-state index < -0.39 is 11.1 Å². The number of carbonyl (C=O) groups excluding carboxylic acids is 2. The van der Waals surface area contributed by atoms with Crippen LogP contribution in [0.25, 0.3) is 0 Å². The molecule has 280 valence electrons. The second-order valence-corrected chi connectivity index (χ2v) is 16.7. The first kappa shape index (κ1) is 32.3. The summed E-state index contributed by atoms with van der Waals surface area (Å²) in [5, 5.41) is 7.56. The van der Waals surface area contributed by atoms with Crippen LogP contribution >= 0.6 is 0 Å². The molecule has 0 bridgehead atoms. The van der Waals surface area contributed by atoms with Gasteiger partial charge >= 0.3 is 0 Å². The summed E-state index contributed by atoms with van der Waals surface area (Å²) in [7, 11) is 0. The summed E-state index contributed by atoms with van der Waals surface area (Å²) in [6, 6.07) is 53.5.